The molecule has 0 amide bonds. The molecule has 0 radical (unpaired) electrons. The summed E-state index contributed by atoms with van der Waals surface area (Å²) in [5.74, 6) is -0.553. The van der Waals surface area contributed by atoms with E-state index in [1.54, 1.807) is 0 Å². The summed E-state index contributed by atoms with van der Waals surface area (Å²) in [6.07, 6.45) is 1.80. The molecule has 70 valence electrons. The molecule has 0 spiro atoms. The zero-order valence-corrected chi connectivity index (χ0v) is 7.81. The van der Waals surface area contributed by atoms with Crippen LogP contribution in [0.25, 0.3) is 5.57 Å². The van der Waals surface area contributed by atoms with Crippen LogP contribution < -0.4 is 5.73 Å². The fraction of sp³-hybridized carbons (Fsp3) is 0.222. The second kappa shape index (κ2) is 4.35. The van der Waals surface area contributed by atoms with E-state index in [1.165, 1.54) is 12.3 Å². The molecule has 0 aliphatic carbocycles. The van der Waals surface area contributed by atoms with Crippen LogP contribution in [0.2, 0.25) is 5.02 Å². The molecule has 1 aromatic rings. The molecule has 0 atom stereocenters. The minimum atomic E-state index is -0.553. The number of pyridine rings is 1. The van der Waals surface area contributed by atoms with Crippen molar-refractivity contribution in [2.75, 3.05) is 6.54 Å². The second-order valence-corrected chi connectivity index (χ2v) is 3.07. The topological polar surface area (TPSA) is 38.9 Å². The maximum absolute atomic E-state index is 13.1. The molecule has 2 nitrogen and oxygen atoms in total. The largest absolute Gasteiger partial charge is 0.330 e. The number of aromatic nitrogens is 1. The van der Waals surface area contributed by atoms with E-state index in [-0.39, 0.29) is 0 Å². The highest BCUT2D eigenvalue weighted by Crippen LogP contribution is 2.20. The van der Waals surface area contributed by atoms with E-state index in [0.717, 1.165) is 0 Å². The van der Waals surface area contributed by atoms with Crippen LogP contribution >= 0.6 is 11.6 Å². The minimum absolute atomic E-state index is 0.345. The summed E-state index contributed by atoms with van der Waals surface area (Å²) < 4.78 is 13.1. The van der Waals surface area contributed by atoms with Gasteiger partial charge in [0, 0.05) is 11.8 Å². The van der Waals surface area contributed by atoms with Crippen LogP contribution in [0.5, 0.6) is 0 Å². The summed E-state index contributed by atoms with van der Waals surface area (Å²) in [5.41, 5.74) is 6.28. The van der Waals surface area contributed by atoms with Gasteiger partial charge in [-0.1, -0.05) is 18.2 Å². The smallest absolute Gasteiger partial charge is 0.220 e. The van der Waals surface area contributed by atoms with Crippen LogP contribution in [0.15, 0.2) is 18.8 Å². The van der Waals surface area contributed by atoms with Crippen LogP contribution in [0.3, 0.4) is 0 Å². The molecule has 0 saturated carbocycles. The zero-order chi connectivity index (χ0) is 9.84. The fourth-order valence-corrected chi connectivity index (χ4v) is 1.14. The van der Waals surface area contributed by atoms with Gasteiger partial charge in [0.15, 0.2) is 0 Å². The van der Waals surface area contributed by atoms with Crippen molar-refractivity contribution in [2.45, 2.75) is 6.42 Å². The Kier molecular flexibility index (Phi) is 3.39. The van der Waals surface area contributed by atoms with Gasteiger partial charge in [-0.25, -0.2) is 4.98 Å². The Labute approximate surface area is 81.2 Å². The van der Waals surface area contributed by atoms with Crippen LogP contribution in [-0.4, -0.2) is 11.5 Å². The maximum atomic E-state index is 13.1. The van der Waals surface area contributed by atoms with Crippen molar-refractivity contribution in [3.8, 4) is 0 Å². The highest BCUT2D eigenvalue weighted by atomic mass is 35.5. The van der Waals surface area contributed by atoms with Gasteiger partial charge in [-0.3, -0.25) is 0 Å². The summed E-state index contributed by atoms with van der Waals surface area (Å²) in [7, 11) is 0. The molecule has 1 rings (SSSR count). The maximum Gasteiger partial charge on any atom is 0.220 e. The molecule has 13 heavy (non-hydrogen) atoms. The summed E-state index contributed by atoms with van der Waals surface area (Å²) in [4.78, 5) is 3.48. The van der Waals surface area contributed by atoms with Crippen molar-refractivity contribution in [3.63, 3.8) is 0 Å². The lowest BCUT2D eigenvalue weighted by Gasteiger charge is -2.04. The van der Waals surface area contributed by atoms with E-state index < -0.39 is 5.95 Å². The van der Waals surface area contributed by atoms with Crippen LogP contribution in [0.4, 0.5) is 4.39 Å². The molecule has 1 aromatic heterocycles. The van der Waals surface area contributed by atoms with Crippen molar-refractivity contribution < 1.29 is 4.39 Å². The van der Waals surface area contributed by atoms with Gasteiger partial charge in [-0.2, -0.15) is 4.39 Å². The zero-order valence-electron chi connectivity index (χ0n) is 7.06. The number of halogens is 2. The molecule has 0 aliphatic rings. The summed E-state index contributed by atoms with van der Waals surface area (Å²) >= 11 is 5.66. The Bertz CT molecular complexity index is 325. The van der Waals surface area contributed by atoms with Crippen molar-refractivity contribution >= 4 is 17.2 Å². The summed E-state index contributed by atoms with van der Waals surface area (Å²) in [6.45, 7) is 4.13. The highest BCUT2D eigenvalue weighted by Gasteiger charge is 2.07. The van der Waals surface area contributed by atoms with E-state index >= 15 is 0 Å². The SMILES string of the molecule is C=C(CCN)c1cc(Cl)cnc1F. The lowest BCUT2D eigenvalue weighted by molar-refractivity contribution is 0.579. The van der Waals surface area contributed by atoms with Crippen LogP contribution in [-0.2, 0) is 0 Å². The molecule has 0 unspecified atom stereocenters. The van der Waals surface area contributed by atoms with Gasteiger partial charge in [-0.05, 0) is 24.6 Å². The molecule has 0 saturated heterocycles. The molecule has 4 heteroatoms. The monoisotopic (exact) mass is 200 g/mol. The molecule has 0 aliphatic heterocycles. The van der Waals surface area contributed by atoms with Gasteiger partial charge in [0.05, 0.1) is 5.02 Å². The average Bonchev–Trinajstić information content (AvgIpc) is 2.09. The van der Waals surface area contributed by atoms with Gasteiger partial charge in [0.25, 0.3) is 0 Å². The quantitative estimate of drug-likeness (QED) is 0.760. The molecular weight excluding hydrogens is 191 g/mol. The number of nitrogens with zero attached hydrogens (tertiary/aromatic N) is 1. The third kappa shape index (κ3) is 2.50. The molecule has 0 aromatic carbocycles. The van der Waals surface area contributed by atoms with Gasteiger partial charge >= 0.3 is 0 Å². The molecule has 2 N–H and O–H groups in total. The van der Waals surface area contributed by atoms with Gasteiger partial charge in [0.1, 0.15) is 0 Å². The Morgan fingerprint density at radius 2 is 2.38 bits per heavy atom. The molecular formula is C9H10ClFN2. The Morgan fingerprint density at radius 3 is 3.00 bits per heavy atom. The Balaban J connectivity index is 2.99. The first-order valence-corrected chi connectivity index (χ1v) is 4.22. The van der Waals surface area contributed by atoms with E-state index in [1.807, 2.05) is 0 Å². The van der Waals surface area contributed by atoms with Crippen molar-refractivity contribution in [3.05, 3.63) is 35.4 Å². The molecule has 1 heterocycles. The van der Waals surface area contributed by atoms with Gasteiger partial charge < -0.3 is 5.73 Å². The Morgan fingerprint density at radius 1 is 1.69 bits per heavy atom. The number of nitrogens with two attached hydrogens (primary N) is 1. The summed E-state index contributed by atoms with van der Waals surface area (Å²) in [6, 6.07) is 1.50. The van der Waals surface area contributed by atoms with Gasteiger partial charge in [-0.15, -0.1) is 0 Å². The predicted molar refractivity (Wildman–Crippen MR) is 51.9 cm³/mol. The number of hydrogen-bond donors (Lipinski definition) is 1. The fourth-order valence-electron chi connectivity index (χ4n) is 0.979. The highest BCUT2D eigenvalue weighted by molar-refractivity contribution is 6.30. The van der Waals surface area contributed by atoms with E-state index in [9.17, 15) is 4.39 Å². The lowest BCUT2D eigenvalue weighted by atomic mass is 10.1. The Hall–Kier alpha value is -0.930. The van der Waals surface area contributed by atoms with E-state index in [0.29, 0.717) is 29.1 Å². The minimum Gasteiger partial charge on any atom is -0.330 e. The lowest BCUT2D eigenvalue weighted by Crippen LogP contribution is -2.01. The normalized spacial score (nSPS) is 10.1. The first kappa shape index (κ1) is 10.2. The third-order valence-electron chi connectivity index (χ3n) is 1.63. The van der Waals surface area contributed by atoms with Gasteiger partial charge in [0.2, 0.25) is 5.95 Å². The molecule has 0 bridgehead atoms. The van der Waals surface area contributed by atoms with Crippen molar-refractivity contribution in [2.24, 2.45) is 5.73 Å². The first-order valence-electron chi connectivity index (χ1n) is 3.84. The predicted octanol–water partition coefficient (Wildman–Crippen LogP) is 2.24. The third-order valence-corrected chi connectivity index (χ3v) is 1.84. The van der Waals surface area contributed by atoms with Crippen LogP contribution in [0.1, 0.15) is 12.0 Å². The molecule has 0 fully saturated rings. The van der Waals surface area contributed by atoms with Crippen molar-refractivity contribution in [1.29, 1.82) is 0 Å². The first-order chi connectivity index (χ1) is 6.15. The number of rotatable bonds is 3. The standard InChI is InChI=1S/C9H10ClFN2/c1-6(2-3-12)8-4-7(10)5-13-9(8)11/h4-5H,1-3,12H2. The van der Waals surface area contributed by atoms with Crippen LogP contribution in [0, 0.1) is 5.95 Å². The average molecular weight is 201 g/mol. The second-order valence-electron chi connectivity index (χ2n) is 2.63. The van der Waals surface area contributed by atoms with E-state index in [4.69, 9.17) is 17.3 Å². The van der Waals surface area contributed by atoms with E-state index in [2.05, 4.69) is 11.6 Å². The number of hydrogen-bond acceptors (Lipinski definition) is 2. The summed E-state index contributed by atoms with van der Waals surface area (Å²) in [5, 5.41) is 0.398. The van der Waals surface area contributed by atoms with Crippen molar-refractivity contribution in [1.82, 2.24) is 4.98 Å².